The number of hydrogen-bond donors (Lipinski definition) is 0. The minimum Gasteiger partial charge on any atom is -0.381 e. The van der Waals surface area contributed by atoms with Crippen LogP contribution in [0.1, 0.15) is 6.92 Å². The lowest BCUT2D eigenvalue weighted by Crippen LogP contribution is -2.23. The summed E-state index contributed by atoms with van der Waals surface area (Å²) in [7, 11) is 0. The molecule has 0 atom stereocenters. The summed E-state index contributed by atoms with van der Waals surface area (Å²) in [5, 5.41) is 0. The van der Waals surface area contributed by atoms with Gasteiger partial charge in [-0.3, -0.25) is 0 Å². The Hall–Kier alpha value is -0.0400. The highest BCUT2D eigenvalue weighted by molar-refractivity contribution is 4.56. The molecule has 0 spiro atoms. The maximum atomic E-state index is 4.83. The van der Waals surface area contributed by atoms with Gasteiger partial charge in [-0.05, 0) is 0 Å². The lowest BCUT2D eigenvalue weighted by Gasteiger charge is -2.20. The topological polar surface area (TPSA) is 9.23 Å². The van der Waals surface area contributed by atoms with Crippen LogP contribution in [0.4, 0.5) is 0 Å². The third-order valence-electron chi connectivity index (χ3n) is 0.805. The van der Waals surface area contributed by atoms with Gasteiger partial charge in [-0.1, -0.05) is 6.92 Å². The first-order valence-corrected chi connectivity index (χ1v) is 1.97. The molecule has 0 unspecified atom stereocenters. The lowest BCUT2D eigenvalue weighted by molar-refractivity contribution is -0.0221. The van der Waals surface area contributed by atoms with E-state index >= 15 is 0 Å². The average molecular weight is 72.1 g/mol. The standard InChI is InChI=1S/C4H8O/c1-4-2-5-3-4/h4H,2-3H2,1H3. The summed E-state index contributed by atoms with van der Waals surface area (Å²) in [6.07, 6.45) is 0. The number of ether oxygens (including phenoxy) is 1. The molecule has 1 aliphatic rings. The zero-order valence-corrected chi connectivity index (χ0v) is 3.40. The zero-order valence-electron chi connectivity index (χ0n) is 3.40. The van der Waals surface area contributed by atoms with E-state index in [1.807, 2.05) is 0 Å². The van der Waals surface area contributed by atoms with Gasteiger partial charge < -0.3 is 4.74 Å². The van der Waals surface area contributed by atoms with Crippen molar-refractivity contribution in [3.63, 3.8) is 0 Å². The smallest absolute Gasteiger partial charge is 0.0513 e. The van der Waals surface area contributed by atoms with Gasteiger partial charge >= 0.3 is 0 Å². The molecule has 5 heavy (non-hydrogen) atoms. The van der Waals surface area contributed by atoms with Crippen molar-refractivity contribution >= 4 is 0 Å². The molecule has 1 fully saturated rings. The van der Waals surface area contributed by atoms with Crippen LogP contribution >= 0.6 is 0 Å². The summed E-state index contributed by atoms with van der Waals surface area (Å²) in [6.45, 7) is 4.16. The van der Waals surface area contributed by atoms with E-state index in [0.717, 1.165) is 19.1 Å². The van der Waals surface area contributed by atoms with Crippen LogP contribution in [0.15, 0.2) is 0 Å². The molecule has 0 N–H and O–H groups in total. The van der Waals surface area contributed by atoms with Gasteiger partial charge in [0.05, 0.1) is 13.2 Å². The van der Waals surface area contributed by atoms with Crippen molar-refractivity contribution in [2.24, 2.45) is 5.92 Å². The van der Waals surface area contributed by atoms with Crippen LogP contribution in [0.5, 0.6) is 0 Å². The van der Waals surface area contributed by atoms with Gasteiger partial charge in [-0.15, -0.1) is 0 Å². The normalized spacial score (nSPS) is 25.8. The Morgan fingerprint density at radius 3 is 2.00 bits per heavy atom. The molecule has 0 amide bonds. The van der Waals surface area contributed by atoms with E-state index in [2.05, 4.69) is 6.92 Å². The molecule has 0 aromatic rings. The number of rotatable bonds is 0. The molecule has 0 bridgehead atoms. The molecule has 0 saturated carbocycles. The van der Waals surface area contributed by atoms with Gasteiger partial charge in [-0.25, -0.2) is 0 Å². The van der Waals surface area contributed by atoms with E-state index < -0.39 is 0 Å². The zero-order chi connectivity index (χ0) is 3.70. The van der Waals surface area contributed by atoms with Crippen LogP contribution in [0.3, 0.4) is 0 Å². The lowest BCUT2D eigenvalue weighted by atomic mass is 10.2. The van der Waals surface area contributed by atoms with Crippen molar-refractivity contribution < 1.29 is 4.74 Å². The van der Waals surface area contributed by atoms with E-state index in [-0.39, 0.29) is 0 Å². The highest BCUT2D eigenvalue weighted by Gasteiger charge is 2.09. The Labute approximate surface area is 31.9 Å². The molecule has 0 aromatic heterocycles. The van der Waals surface area contributed by atoms with Gasteiger partial charge in [0.1, 0.15) is 0 Å². The first-order valence-electron chi connectivity index (χ1n) is 1.97. The first kappa shape index (κ1) is 3.16. The third-order valence-corrected chi connectivity index (χ3v) is 0.805. The second-order valence-corrected chi connectivity index (χ2v) is 1.64. The highest BCUT2D eigenvalue weighted by Crippen LogP contribution is 2.05. The predicted molar refractivity (Wildman–Crippen MR) is 20.0 cm³/mol. The summed E-state index contributed by atoms with van der Waals surface area (Å²) >= 11 is 0. The van der Waals surface area contributed by atoms with Gasteiger partial charge in [0.25, 0.3) is 0 Å². The molecule has 0 aromatic carbocycles. The molecule has 1 saturated heterocycles. The van der Waals surface area contributed by atoms with E-state index in [0.29, 0.717) is 0 Å². The first-order chi connectivity index (χ1) is 2.39. The molecule has 0 radical (unpaired) electrons. The van der Waals surface area contributed by atoms with Gasteiger partial charge in [0.15, 0.2) is 0 Å². The Kier molecular flexibility index (Phi) is 0.618. The maximum Gasteiger partial charge on any atom is 0.0513 e. The van der Waals surface area contributed by atoms with E-state index in [1.54, 1.807) is 0 Å². The van der Waals surface area contributed by atoms with Gasteiger partial charge in [-0.2, -0.15) is 0 Å². The molecule has 1 rings (SSSR count). The van der Waals surface area contributed by atoms with Crippen LogP contribution in [0.25, 0.3) is 0 Å². The second-order valence-electron chi connectivity index (χ2n) is 1.64. The molecule has 1 heterocycles. The third kappa shape index (κ3) is 0.428. The average Bonchev–Trinajstić information content (AvgIpc) is 1.30. The monoisotopic (exact) mass is 72.1 g/mol. The van der Waals surface area contributed by atoms with Crippen LogP contribution < -0.4 is 0 Å². The molecule has 30 valence electrons. The van der Waals surface area contributed by atoms with Crippen molar-refractivity contribution in [1.29, 1.82) is 0 Å². The van der Waals surface area contributed by atoms with E-state index in [4.69, 9.17) is 4.74 Å². The number of hydrogen-bond acceptors (Lipinski definition) is 1. The fraction of sp³-hybridized carbons (Fsp3) is 1.00. The molecular formula is C4H8O. The van der Waals surface area contributed by atoms with Crippen molar-refractivity contribution in [2.75, 3.05) is 13.2 Å². The van der Waals surface area contributed by atoms with Crippen molar-refractivity contribution in [2.45, 2.75) is 6.92 Å². The Bertz CT molecular complexity index is 30.6. The fourth-order valence-electron chi connectivity index (χ4n) is 0.354. The Morgan fingerprint density at radius 1 is 1.60 bits per heavy atom. The van der Waals surface area contributed by atoms with Crippen molar-refractivity contribution in [3.8, 4) is 0 Å². The van der Waals surface area contributed by atoms with Crippen molar-refractivity contribution in [3.05, 3.63) is 0 Å². The molecule has 0 aliphatic carbocycles. The summed E-state index contributed by atoms with van der Waals surface area (Å²) in [5.74, 6) is 0.843. The minimum absolute atomic E-state index is 0.843. The minimum atomic E-state index is 0.843. The summed E-state index contributed by atoms with van der Waals surface area (Å²) in [5.41, 5.74) is 0. The van der Waals surface area contributed by atoms with Crippen molar-refractivity contribution in [1.82, 2.24) is 0 Å². The highest BCUT2D eigenvalue weighted by atomic mass is 16.5. The quantitative estimate of drug-likeness (QED) is 0.408. The van der Waals surface area contributed by atoms with E-state index in [9.17, 15) is 0 Å². The van der Waals surface area contributed by atoms with E-state index in [1.165, 1.54) is 0 Å². The predicted octanol–water partition coefficient (Wildman–Crippen LogP) is 0.653. The van der Waals surface area contributed by atoms with Gasteiger partial charge in [0, 0.05) is 5.92 Å². The molecule has 1 nitrogen and oxygen atoms in total. The summed E-state index contributed by atoms with van der Waals surface area (Å²) in [4.78, 5) is 0. The SMILES string of the molecule is CC1COC1. The summed E-state index contributed by atoms with van der Waals surface area (Å²) < 4.78 is 4.83. The van der Waals surface area contributed by atoms with Gasteiger partial charge in [0.2, 0.25) is 0 Å². The van der Waals surface area contributed by atoms with Crippen LogP contribution in [0, 0.1) is 5.92 Å². The van der Waals surface area contributed by atoms with Crippen LogP contribution in [0.2, 0.25) is 0 Å². The Balaban J connectivity index is 2.08. The summed E-state index contributed by atoms with van der Waals surface area (Å²) in [6, 6.07) is 0. The van der Waals surface area contributed by atoms with Crippen LogP contribution in [-0.4, -0.2) is 13.2 Å². The Morgan fingerprint density at radius 2 is 2.00 bits per heavy atom. The maximum absolute atomic E-state index is 4.83. The largest absolute Gasteiger partial charge is 0.381 e. The molecular weight excluding hydrogens is 64.0 g/mol. The van der Waals surface area contributed by atoms with Crippen LogP contribution in [-0.2, 0) is 4.74 Å². The second kappa shape index (κ2) is 0.977. The molecule has 1 aliphatic heterocycles. The fourth-order valence-corrected chi connectivity index (χ4v) is 0.354. The molecule has 1 heteroatoms.